The summed E-state index contributed by atoms with van der Waals surface area (Å²) in [6.45, 7) is 3.16. The van der Waals surface area contributed by atoms with Gasteiger partial charge in [-0.3, -0.25) is 14.5 Å². The van der Waals surface area contributed by atoms with Gasteiger partial charge in [-0.2, -0.15) is 4.39 Å². The van der Waals surface area contributed by atoms with Crippen LogP contribution in [0.25, 0.3) is 0 Å². The van der Waals surface area contributed by atoms with E-state index in [1.165, 1.54) is 12.1 Å². The second-order valence-electron chi connectivity index (χ2n) is 6.91. The molecule has 6 nitrogen and oxygen atoms in total. The van der Waals surface area contributed by atoms with Gasteiger partial charge in [0.1, 0.15) is 12.9 Å². The predicted molar refractivity (Wildman–Crippen MR) is 111 cm³/mol. The van der Waals surface area contributed by atoms with Crippen LogP contribution in [0.1, 0.15) is 16.7 Å². The molecule has 2 aromatic carbocycles. The lowest BCUT2D eigenvalue weighted by molar-refractivity contribution is -0.123. The first-order valence-corrected chi connectivity index (χ1v) is 9.27. The molecular weight excluding hydrogens is 393 g/mol. The third-order valence-electron chi connectivity index (χ3n) is 4.56. The van der Waals surface area contributed by atoms with Crippen molar-refractivity contribution in [1.29, 1.82) is 0 Å². The van der Waals surface area contributed by atoms with Gasteiger partial charge in [0.15, 0.2) is 0 Å². The Balaban J connectivity index is 2.17. The molecule has 0 heterocycles. The number of carbonyl (C=O) groups excluding carboxylic acids is 2. The van der Waals surface area contributed by atoms with Crippen LogP contribution in [0.2, 0.25) is 0 Å². The largest absolute Gasteiger partial charge is 0.475 e. The maximum absolute atomic E-state index is 13.6. The van der Waals surface area contributed by atoms with Gasteiger partial charge in [0.05, 0.1) is 5.94 Å². The van der Waals surface area contributed by atoms with Crippen molar-refractivity contribution in [1.82, 2.24) is 5.32 Å². The number of nitrogens with zero attached hydrogens (tertiary/aromatic N) is 1. The van der Waals surface area contributed by atoms with Crippen LogP contribution in [0.4, 0.5) is 14.5 Å². The summed E-state index contributed by atoms with van der Waals surface area (Å²) in [6, 6.07) is 13.4. The van der Waals surface area contributed by atoms with Crippen LogP contribution in [0.5, 0.6) is 0 Å². The van der Waals surface area contributed by atoms with Gasteiger partial charge in [0.2, 0.25) is 11.7 Å². The molecule has 0 aliphatic heterocycles. The molecule has 0 unspecified atom stereocenters. The number of para-hydroxylation sites is 1. The molecule has 9 heteroatoms. The molecule has 0 saturated carbocycles. The number of hydrogen-bond donors (Lipinski definition) is 3. The fourth-order valence-electron chi connectivity index (χ4n) is 3.00. The van der Waals surface area contributed by atoms with E-state index >= 15 is 0 Å². The van der Waals surface area contributed by atoms with Crippen LogP contribution in [-0.2, 0) is 16.0 Å². The second-order valence-corrected chi connectivity index (χ2v) is 6.91. The van der Waals surface area contributed by atoms with Crippen molar-refractivity contribution in [2.24, 2.45) is 0 Å². The quantitative estimate of drug-likeness (QED) is 0.455. The van der Waals surface area contributed by atoms with Gasteiger partial charge >= 0.3 is 7.12 Å². The van der Waals surface area contributed by atoms with Gasteiger partial charge in [-0.05, 0) is 43.5 Å². The van der Waals surface area contributed by atoms with Gasteiger partial charge in [-0.25, -0.2) is 4.39 Å². The average Bonchev–Trinajstić information content (AvgIpc) is 2.72. The topological polar surface area (TPSA) is 89.9 Å². The molecular formula is C21H23BF2N2O4. The van der Waals surface area contributed by atoms with Gasteiger partial charge in [-0.1, -0.05) is 42.0 Å². The van der Waals surface area contributed by atoms with Gasteiger partial charge in [0, 0.05) is 5.69 Å². The van der Waals surface area contributed by atoms with Crippen molar-refractivity contribution in [2.75, 3.05) is 11.4 Å². The molecule has 3 N–H and O–H groups in total. The number of hydrogen-bond acceptors (Lipinski definition) is 4. The molecule has 0 aliphatic rings. The Morgan fingerprint density at radius 1 is 1.17 bits per heavy atom. The molecule has 0 fully saturated rings. The highest BCUT2D eigenvalue weighted by atomic mass is 19.2. The number of aryl methyl sites for hydroxylation is 2. The van der Waals surface area contributed by atoms with E-state index < -0.39 is 43.6 Å². The number of benzene rings is 2. The first-order valence-electron chi connectivity index (χ1n) is 9.27. The van der Waals surface area contributed by atoms with Crippen LogP contribution in [0, 0.1) is 13.8 Å². The molecule has 2 amide bonds. The highest BCUT2D eigenvalue weighted by molar-refractivity contribution is 6.43. The van der Waals surface area contributed by atoms with E-state index in [9.17, 15) is 28.4 Å². The predicted octanol–water partition coefficient (Wildman–Crippen LogP) is 2.16. The van der Waals surface area contributed by atoms with E-state index in [4.69, 9.17) is 0 Å². The molecule has 0 spiro atoms. The lowest BCUT2D eigenvalue weighted by Gasteiger charge is -2.24. The fraction of sp³-hybridized carbons (Fsp3) is 0.238. The fourth-order valence-corrected chi connectivity index (χ4v) is 3.00. The third kappa shape index (κ3) is 6.23. The number of anilines is 1. The van der Waals surface area contributed by atoms with E-state index in [-0.39, 0.29) is 12.1 Å². The van der Waals surface area contributed by atoms with E-state index in [2.05, 4.69) is 5.32 Å². The van der Waals surface area contributed by atoms with Crippen LogP contribution in [-0.4, -0.2) is 41.5 Å². The zero-order valence-corrected chi connectivity index (χ0v) is 16.7. The van der Waals surface area contributed by atoms with Crippen molar-refractivity contribution >= 4 is 24.6 Å². The van der Waals surface area contributed by atoms with Crippen LogP contribution < -0.4 is 10.2 Å². The summed E-state index contributed by atoms with van der Waals surface area (Å²) >= 11 is 0. The zero-order chi connectivity index (χ0) is 22.3. The summed E-state index contributed by atoms with van der Waals surface area (Å²) in [7, 11) is -1.86. The minimum Gasteiger partial charge on any atom is -0.426 e. The SMILES string of the molecule is Cc1ccc(C[C@H](NC(=O)CN(C(=O)C(F)=CF)c2ccccc2)B(O)O)c(C)c1. The third-order valence-corrected chi connectivity index (χ3v) is 4.56. The molecule has 0 radical (unpaired) electrons. The van der Waals surface area contributed by atoms with E-state index in [1.807, 2.05) is 32.0 Å². The summed E-state index contributed by atoms with van der Waals surface area (Å²) in [5.41, 5.74) is 2.96. The molecule has 2 aromatic rings. The smallest absolute Gasteiger partial charge is 0.426 e. The van der Waals surface area contributed by atoms with Gasteiger partial charge in [0.25, 0.3) is 5.91 Å². The van der Waals surface area contributed by atoms with Crippen molar-refractivity contribution in [3.8, 4) is 0 Å². The highest BCUT2D eigenvalue weighted by Crippen LogP contribution is 2.17. The lowest BCUT2D eigenvalue weighted by atomic mass is 9.75. The van der Waals surface area contributed by atoms with Crippen molar-refractivity contribution in [3.05, 3.63) is 77.4 Å². The highest BCUT2D eigenvalue weighted by Gasteiger charge is 2.29. The molecule has 2 rings (SSSR count). The Kier molecular flexibility index (Phi) is 8.26. The summed E-state index contributed by atoms with van der Waals surface area (Å²) in [5, 5.41) is 21.8. The maximum Gasteiger partial charge on any atom is 0.475 e. The van der Waals surface area contributed by atoms with Gasteiger partial charge < -0.3 is 15.4 Å². The number of rotatable bonds is 8. The Morgan fingerprint density at radius 2 is 1.83 bits per heavy atom. The zero-order valence-electron chi connectivity index (χ0n) is 16.7. The summed E-state index contributed by atoms with van der Waals surface area (Å²) in [6.07, 6.45) is -0.343. The minimum absolute atomic E-state index is 0.132. The molecule has 0 aromatic heterocycles. The molecule has 30 heavy (non-hydrogen) atoms. The standard InChI is InChI=1S/C21H23BF2N2O4/c1-14-8-9-16(15(2)10-14)11-19(22(29)30)25-20(27)13-26(21(28)18(24)12-23)17-6-4-3-5-7-17/h3-10,12,19,29-30H,11,13H2,1-2H3,(H,25,27)/t19-/m0/s1. The van der Waals surface area contributed by atoms with E-state index in [0.29, 0.717) is 0 Å². The van der Waals surface area contributed by atoms with Crippen molar-refractivity contribution in [2.45, 2.75) is 26.2 Å². The molecule has 0 saturated heterocycles. The number of carbonyl (C=O) groups is 2. The second kappa shape index (κ2) is 10.7. The Bertz CT molecular complexity index is 922. The Morgan fingerprint density at radius 3 is 2.40 bits per heavy atom. The molecule has 0 bridgehead atoms. The van der Waals surface area contributed by atoms with Crippen molar-refractivity contribution in [3.63, 3.8) is 0 Å². The monoisotopic (exact) mass is 416 g/mol. The van der Waals surface area contributed by atoms with Crippen LogP contribution >= 0.6 is 0 Å². The Hall–Kier alpha value is -3.04. The Labute approximate surface area is 174 Å². The average molecular weight is 416 g/mol. The first kappa shape index (κ1) is 23.2. The summed E-state index contributed by atoms with van der Waals surface area (Å²) in [4.78, 5) is 25.4. The molecule has 0 aliphatic carbocycles. The number of nitrogens with one attached hydrogen (secondary N) is 1. The normalized spacial score (nSPS) is 12.3. The maximum atomic E-state index is 13.6. The summed E-state index contributed by atoms with van der Waals surface area (Å²) in [5.74, 6) is -4.80. The molecule has 1 atom stereocenters. The summed E-state index contributed by atoms with van der Waals surface area (Å²) < 4.78 is 26.1. The van der Waals surface area contributed by atoms with Crippen LogP contribution in [0.15, 0.2) is 60.7 Å². The van der Waals surface area contributed by atoms with Gasteiger partial charge in [-0.15, -0.1) is 0 Å². The number of amides is 2. The van der Waals surface area contributed by atoms with E-state index in [0.717, 1.165) is 21.6 Å². The van der Waals surface area contributed by atoms with Crippen LogP contribution in [0.3, 0.4) is 0 Å². The first-order chi connectivity index (χ1) is 14.2. The minimum atomic E-state index is -1.86. The van der Waals surface area contributed by atoms with E-state index in [1.54, 1.807) is 18.2 Å². The number of halogens is 2. The lowest BCUT2D eigenvalue weighted by Crippen LogP contribution is -2.51. The molecule has 158 valence electrons. The van der Waals surface area contributed by atoms with Crippen molar-refractivity contribution < 1.29 is 28.4 Å².